The summed E-state index contributed by atoms with van der Waals surface area (Å²) >= 11 is 0. The molecule has 0 radical (unpaired) electrons. The molecule has 2 fully saturated rings. The van der Waals surface area contributed by atoms with Gasteiger partial charge in [0.2, 0.25) is 0 Å². The largest absolute Gasteiger partial charge is 0.317 e. The zero-order chi connectivity index (χ0) is 9.26. The van der Waals surface area contributed by atoms with Gasteiger partial charge in [-0.2, -0.15) is 0 Å². The van der Waals surface area contributed by atoms with Crippen LogP contribution in [0.1, 0.15) is 45.4 Å². The van der Waals surface area contributed by atoms with Crippen LogP contribution < -0.4 is 5.32 Å². The molecule has 1 nitrogen and oxygen atoms in total. The Bertz CT molecular complexity index is 167. The molecule has 4 atom stereocenters. The van der Waals surface area contributed by atoms with Crippen molar-refractivity contribution in [3.63, 3.8) is 0 Å². The molecule has 0 aromatic rings. The van der Waals surface area contributed by atoms with Crippen molar-refractivity contribution in [1.82, 2.24) is 5.32 Å². The molecule has 0 bridgehead atoms. The summed E-state index contributed by atoms with van der Waals surface area (Å²) in [7, 11) is 2.15. The Kier molecular flexibility index (Phi) is 2.92. The van der Waals surface area contributed by atoms with E-state index >= 15 is 0 Å². The van der Waals surface area contributed by atoms with Crippen molar-refractivity contribution in [2.75, 3.05) is 7.05 Å². The second kappa shape index (κ2) is 4.00. The van der Waals surface area contributed by atoms with Gasteiger partial charge < -0.3 is 5.32 Å². The predicted octanol–water partition coefficient (Wildman–Crippen LogP) is 2.81. The fourth-order valence-electron chi connectivity index (χ4n) is 3.61. The lowest BCUT2D eigenvalue weighted by Gasteiger charge is -2.33. The van der Waals surface area contributed by atoms with Gasteiger partial charge in [-0.15, -0.1) is 0 Å². The van der Waals surface area contributed by atoms with Crippen LogP contribution in [-0.2, 0) is 0 Å². The molecule has 13 heavy (non-hydrogen) atoms. The van der Waals surface area contributed by atoms with Gasteiger partial charge in [-0.3, -0.25) is 0 Å². The van der Waals surface area contributed by atoms with Crippen LogP contribution in [0.15, 0.2) is 0 Å². The highest BCUT2D eigenvalue weighted by Gasteiger charge is 2.39. The molecule has 0 aromatic carbocycles. The maximum Gasteiger partial charge on any atom is 0.00950 e. The zero-order valence-corrected chi connectivity index (χ0v) is 9.05. The summed E-state index contributed by atoms with van der Waals surface area (Å²) in [6, 6.07) is 0.843. The Morgan fingerprint density at radius 3 is 2.77 bits per heavy atom. The van der Waals surface area contributed by atoms with E-state index in [0.29, 0.717) is 0 Å². The Labute approximate surface area is 82.3 Å². The van der Waals surface area contributed by atoms with E-state index in [1.807, 2.05) is 0 Å². The van der Waals surface area contributed by atoms with Crippen LogP contribution >= 0.6 is 0 Å². The second-order valence-electron chi connectivity index (χ2n) is 5.00. The normalized spacial score (nSPS) is 44.8. The summed E-state index contributed by atoms with van der Waals surface area (Å²) in [5, 5.41) is 3.52. The van der Waals surface area contributed by atoms with E-state index < -0.39 is 0 Å². The molecular weight excluding hydrogens is 158 g/mol. The molecule has 0 aromatic heterocycles. The van der Waals surface area contributed by atoms with Crippen molar-refractivity contribution in [2.24, 2.45) is 17.8 Å². The SMILES string of the molecule is CCC1CC2CCCC(NC)C2C1. The first-order chi connectivity index (χ1) is 6.35. The molecule has 2 rings (SSSR count). The first-order valence-corrected chi connectivity index (χ1v) is 6.02. The van der Waals surface area contributed by atoms with E-state index in [1.165, 1.54) is 38.5 Å². The van der Waals surface area contributed by atoms with E-state index in [9.17, 15) is 0 Å². The van der Waals surface area contributed by atoms with Crippen LogP contribution in [0.25, 0.3) is 0 Å². The number of fused-ring (bicyclic) bond motifs is 1. The van der Waals surface area contributed by atoms with Crippen molar-refractivity contribution < 1.29 is 0 Å². The molecule has 4 unspecified atom stereocenters. The average Bonchev–Trinajstić information content (AvgIpc) is 2.59. The third kappa shape index (κ3) is 1.76. The summed E-state index contributed by atoms with van der Waals surface area (Å²) in [5.74, 6) is 3.13. The Morgan fingerprint density at radius 1 is 1.23 bits per heavy atom. The fourth-order valence-corrected chi connectivity index (χ4v) is 3.61. The average molecular weight is 181 g/mol. The van der Waals surface area contributed by atoms with Crippen LogP contribution in [-0.4, -0.2) is 13.1 Å². The minimum Gasteiger partial charge on any atom is -0.317 e. The number of hydrogen-bond donors (Lipinski definition) is 1. The quantitative estimate of drug-likeness (QED) is 0.690. The number of rotatable bonds is 2. The molecule has 76 valence electrons. The summed E-state index contributed by atoms with van der Waals surface area (Å²) in [5.41, 5.74) is 0. The molecule has 1 N–H and O–H groups in total. The summed E-state index contributed by atoms with van der Waals surface area (Å²) in [4.78, 5) is 0. The summed E-state index contributed by atoms with van der Waals surface area (Å²) in [6.45, 7) is 2.36. The molecule has 0 saturated heterocycles. The smallest absolute Gasteiger partial charge is 0.00950 e. The van der Waals surface area contributed by atoms with E-state index in [2.05, 4.69) is 19.3 Å². The lowest BCUT2D eigenvalue weighted by atomic mass is 9.78. The van der Waals surface area contributed by atoms with Crippen molar-refractivity contribution in [2.45, 2.75) is 51.5 Å². The highest BCUT2D eigenvalue weighted by Crippen LogP contribution is 2.45. The van der Waals surface area contributed by atoms with Gasteiger partial charge >= 0.3 is 0 Å². The van der Waals surface area contributed by atoms with Crippen LogP contribution in [0, 0.1) is 17.8 Å². The van der Waals surface area contributed by atoms with Gasteiger partial charge in [0.05, 0.1) is 0 Å². The highest BCUT2D eigenvalue weighted by atomic mass is 14.9. The Morgan fingerprint density at radius 2 is 2.08 bits per heavy atom. The van der Waals surface area contributed by atoms with Gasteiger partial charge in [0.15, 0.2) is 0 Å². The third-order valence-electron chi connectivity index (χ3n) is 4.40. The van der Waals surface area contributed by atoms with E-state index in [-0.39, 0.29) is 0 Å². The molecule has 2 saturated carbocycles. The van der Waals surface area contributed by atoms with Crippen LogP contribution in [0.4, 0.5) is 0 Å². The standard InChI is InChI=1S/C12H23N/c1-3-9-7-10-5-4-6-12(13-2)11(10)8-9/h9-13H,3-8H2,1-2H3. The molecule has 0 heterocycles. The minimum atomic E-state index is 0.843. The van der Waals surface area contributed by atoms with Crippen molar-refractivity contribution >= 4 is 0 Å². The molecule has 2 aliphatic carbocycles. The maximum absolute atomic E-state index is 3.52. The summed E-state index contributed by atoms with van der Waals surface area (Å²) in [6.07, 6.45) is 8.84. The van der Waals surface area contributed by atoms with E-state index in [1.54, 1.807) is 0 Å². The number of nitrogens with one attached hydrogen (secondary N) is 1. The van der Waals surface area contributed by atoms with Gasteiger partial charge in [0.1, 0.15) is 0 Å². The molecule has 0 amide bonds. The van der Waals surface area contributed by atoms with E-state index in [4.69, 9.17) is 0 Å². The minimum absolute atomic E-state index is 0.843. The zero-order valence-electron chi connectivity index (χ0n) is 9.05. The van der Waals surface area contributed by atoms with Gasteiger partial charge in [-0.05, 0) is 44.1 Å². The maximum atomic E-state index is 3.52. The molecule has 2 aliphatic rings. The lowest BCUT2D eigenvalue weighted by molar-refractivity contribution is 0.215. The Hall–Kier alpha value is -0.0400. The van der Waals surface area contributed by atoms with Crippen molar-refractivity contribution in [1.29, 1.82) is 0 Å². The summed E-state index contributed by atoms with van der Waals surface area (Å²) < 4.78 is 0. The number of hydrogen-bond acceptors (Lipinski definition) is 1. The van der Waals surface area contributed by atoms with Crippen molar-refractivity contribution in [3.8, 4) is 0 Å². The topological polar surface area (TPSA) is 12.0 Å². The lowest BCUT2D eigenvalue weighted by Crippen LogP contribution is -2.38. The monoisotopic (exact) mass is 181 g/mol. The van der Waals surface area contributed by atoms with Gasteiger partial charge in [-0.25, -0.2) is 0 Å². The third-order valence-corrected chi connectivity index (χ3v) is 4.40. The predicted molar refractivity (Wildman–Crippen MR) is 56.7 cm³/mol. The van der Waals surface area contributed by atoms with Crippen LogP contribution in [0.2, 0.25) is 0 Å². The molecule has 0 spiro atoms. The molecule has 0 aliphatic heterocycles. The molecular formula is C12H23N. The molecule has 1 heteroatoms. The van der Waals surface area contributed by atoms with Gasteiger partial charge in [0, 0.05) is 6.04 Å². The Balaban J connectivity index is 1.99. The first-order valence-electron chi connectivity index (χ1n) is 6.02. The second-order valence-corrected chi connectivity index (χ2v) is 5.00. The van der Waals surface area contributed by atoms with E-state index in [0.717, 1.165) is 23.8 Å². The fraction of sp³-hybridized carbons (Fsp3) is 1.00. The first kappa shape index (κ1) is 9.51. The van der Waals surface area contributed by atoms with Gasteiger partial charge in [-0.1, -0.05) is 26.2 Å². The van der Waals surface area contributed by atoms with Crippen LogP contribution in [0.3, 0.4) is 0 Å². The van der Waals surface area contributed by atoms with Gasteiger partial charge in [0.25, 0.3) is 0 Å². The van der Waals surface area contributed by atoms with Crippen LogP contribution in [0.5, 0.6) is 0 Å². The van der Waals surface area contributed by atoms with Crippen molar-refractivity contribution in [3.05, 3.63) is 0 Å². The highest BCUT2D eigenvalue weighted by molar-refractivity contribution is 4.92.